The average Bonchev–Trinajstić information content (AvgIpc) is 2.51. The van der Waals surface area contributed by atoms with Gasteiger partial charge in [-0.2, -0.15) is 0 Å². The molecule has 1 N–H and O–H groups in total. The van der Waals surface area contributed by atoms with Crippen LogP contribution in [-0.4, -0.2) is 26.2 Å². The van der Waals surface area contributed by atoms with Crippen LogP contribution in [-0.2, 0) is 6.42 Å². The smallest absolute Gasteiger partial charge is 0.0441 e. The number of nitrogens with zero attached hydrogens (tertiary/aromatic N) is 1. The molecule has 0 unspecified atom stereocenters. The summed E-state index contributed by atoms with van der Waals surface area (Å²) in [5.41, 5.74) is 3.64. The van der Waals surface area contributed by atoms with Crippen molar-refractivity contribution in [2.45, 2.75) is 6.42 Å². The Labute approximate surface area is 147 Å². The standard InChI is InChI=1S/C17H18Cl2N2.ClH/c18-15-5-6-17(21-9-7-20-8-10-21)14(12-15)11-13-3-1-2-4-16(13)19;/h1-6,12,20H,7-11H2;1H. The number of benzene rings is 2. The van der Waals surface area contributed by atoms with E-state index >= 15 is 0 Å². The van der Waals surface area contributed by atoms with Gasteiger partial charge in [0.15, 0.2) is 0 Å². The lowest BCUT2D eigenvalue weighted by molar-refractivity contribution is 0.588. The van der Waals surface area contributed by atoms with Gasteiger partial charge in [-0.15, -0.1) is 12.4 Å². The summed E-state index contributed by atoms with van der Waals surface area (Å²) in [6.07, 6.45) is 0.805. The largest absolute Gasteiger partial charge is 0.369 e. The first-order valence-corrected chi connectivity index (χ1v) is 7.97. The maximum Gasteiger partial charge on any atom is 0.0441 e. The highest BCUT2D eigenvalue weighted by atomic mass is 35.5. The van der Waals surface area contributed by atoms with Gasteiger partial charge in [0.2, 0.25) is 0 Å². The number of hydrogen-bond donors (Lipinski definition) is 1. The number of hydrogen-bond acceptors (Lipinski definition) is 2. The van der Waals surface area contributed by atoms with E-state index in [-0.39, 0.29) is 12.4 Å². The van der Waals surface area contributed by atoms with Crippen molar-refractivity contribution in [3.63, 3.8) is 0 Å². The Kier molecular flexibility index (Phi) is 6.39. The molecule has 1 saturated heterocycles. The topological polar surface area (TPSA) is 15.3 Å². The first-order chi connectivity index (χ1) is 10.2. The van der Waals surface area contributed by atoms with Crippen molar-refractivity contribution in [1.82, 2.24) is 5.32 Å². The first kappa shape index (κ1) is 17.4. The van der Waals surface area contributed by atoms with Crippen LogP contribution in [0.3, 0.4) is 0 Å². The Morgan fingerprint density at radius 2 is 1.68 bits per heavy atom. The molecule has 1 aliphatic rings. The van der Waals surface area contributed by atoms with Crippen LogP contribution >= 0.6 is 35.6 Å². The molecule has 118 valence electrons. The van der Waals surface area contributed by atoms with Gasteiger partial charge in [0.05, 0.1) is 0 Å². The van der Waals surface area contributed by atoms with Gasteiger partial charge in [0.25, 0.3) is 0 Å². The minimum atomic E-state index is 0. The second-order valence-electron chi connectivity index (χ2n) is 5.28. The van der Waals surface area contributed by atoms with E-state index in [1.165, 1.54) is 11.3 Å². The molecule has 1 heterocycles. The number of anilines is 1. The maximum atomic E-state index is 6.30. The third-order valence-electron chi connectivity index (χ3n) is 3.84. The van der Waals surface area contributed by atoms with Crippen molar-refractivity contribution < 1.29 is 0 Å². The first-order valence-electron chi connectivity index (χ1n) is 7.21. The zero-order valence-corrected chi connectivity index (χ0v) is 14.5. The van der Waals surface area contributed by atoms with E-state index in [4.69, 9.17) is 23.2 Å². The van der Waals surface area contributed by atoms with E-state index in [9.17, 15) is 0 Å². The zero-order chi connectivity index (χ0) is 14.7. The maximum absolute atomic E-state index is 6.30. The molecule has 2 aromatic rings. The van der Waals surface area contributed by atoms with Crippen molar-refractivity contribution in [2.75, 3.05) is 31.1 Å². The fourth-order valence-electron chi connectivity index (χ4n) is 2.76. The fourth-order valence-corrected chi connectivity index (χ4v) is 3.15. The second kappa shape index (κ2) is 8.07. The Hall–Kier alpha value is -0.930. The predicted octanol–water partition coefficient (Wildman–Crippen LogP) is 4.42. The van der Waals surface area contributed by atoms with Gasteiger partial charge in [-0.1, -0.05) is 41.4 Å². The molecule has 0 aliphatic carbocycles. The molecular weight excluding hydrogens is 339 g/mol. The van der Waals surface area contributed by atoms with E-state index < -0.39 is 0 Å². The fraction of sp³-hybridized carbons (Fsp3) is 0.294. The van der Waals surface area contributed by atoms with E-state index in [0.29, 0.717) is 0 Å². The van der Waals surface area contributed by atoms with Crippen molar-refractivity contribution in [1.29, 1.82) is 0 Å². The molecule has 0 radical (unpaired) electrons. The van der Waals surface area contributed by atoms with Gasteiger partial charge in [-0.25, -0.2) is 0 Å². The number of halogens is 3. The summed E-state index contributed by atoms with van der Waals surface area (Å²) in [5, 5.41) is 4.97. The normalized spacial score (nSPS) is 14.5. The minimum Gasteiger partial charge on any atom is -0.369 e. The quantitative estimate of drug-likeness (QED) is 0.875. The third kappa shape index (κ3) is 4.08. The monoisotopic (exact) mass is 356 g/mol. The van der Waals surface area contributed by atoms with Crippen LogP contribution in [0.2, 0.25) is 10.0 Å². The Bertz CT molecular complexity index is 625. The molecule has 2 aromatic carbocycles. The predicted molar refractivity (Wildman–Crippen MR) is 98.0 cm³/mol. The summed E-state index contributed by atoms with van der Waals surface area (Å²) in [7, 11) is 0. The molecule has 22 heavy (non-hydrogen) atoms. The summed E-state index contributed by atoms with van der Waals surface area (Å²) >= 11 is 12.5. The second-order valence-corrected chi connectivity index (χ2v) is 6.12. The van der Waals surface area contributed by atoms with Crippen LogP contribution in [0.15, 0.2) is 42.5 Å². The number of piperazine rings is 1. The van der Waals surface area contributed by atoms with Crippen LogP contribution in [0.25, 0.3) is 0 Å². The van der Waals surface area contributed by atoms with Gasteiger partial charge in [0.1, 0.15) is 0 Å². The summed E-state index contributed by atoms with van der Waals surface area (Å²) < 4.78 is 0. The van der Waals surface area contributed by atoms with Crippen LogP contribution in [0, 0.1) is 0 Å². The Balaban J connectivity index is 0.00000176. The molecular formula is C17H19Cl3N2. The lowest BCUT2D eigenvalue weighted by atomic mass is 10.0. The highest BCUT2D eigenvalue weighted by molar-refractivity contribution is 6.31. The summed E-state index contributed by atoms with van der Waals surface area (Å²) in [6.45, 7) is 4.09. The van der Waals surface area contributed by atoms with Gasteiger partial charge in [-0.3, -0.25) is 0 Å². The molecule has 0 saturated carbocycles. The highest BCUT2D eigenvalue weighted by Gasteiger charge is 2.15. The molecule has 1 aliphatic heterocycles. The van der Waals surface area contributed by atoms with Crippen LogP contribution in [0.4, 0.5) is 5.69 Å². The number of nitrogens with one attached hydrogen (secondary N) is 1. The molecule has 0 aromatic heterocycles. The molecule has 0 amide bonds. The molecule has 0 bridgehead atoms. The van der Waals surface area contributed by atoms with Crippen molar-refractivity contribution in [2.24, 2.45) is 0 Å². The van der Waals surface area contributed by atoms with Gasteiger partial charge in [0, 0.05) is 48.3 Å². The summed E-state index contributed by atoms with van der Waals surface area (Å²) in [6, 6.07) is 14.1. The van der Waals surface area contributed by atoms with Gasteiger partial charge < -0.3 is 10.2 Å². The SMILES string of the molecule is Cl.Clc1ccc(N2CCNCC2)c(Cc2ccccc2Cl)c1. The highest BCUT2D eigenvalue weighted by Crippen LogP contribution is 2.29. The molecule has 0 atom stereocenters. The van der Waals surface area contributed by atoms with Crippen LogP contribution in [0.5, 0.6) is 0 Å². The molecule has 2 nitrogen and oxygen atoms in total. The Morgan fingerprint density at radius 3 is 2.41 bits per heavy atom. The lowest BCUT2D eigenvalue weighted by Gasteiger charge is -2.31. The molecule has 1 fully saturated rings. The van der Waals surface area contributed by atoms with E-state index in [1.54, 1.807) is 0 Å². The van der Waals surface area contributed by atoms with Crippen molar-refractivity contribution >= 4 is 41.3 Å². The van der Waals surface area contributed by atoms with Crippen molar-refractivity contribution in [3.05, 3.63) is 63.6 Å². The number of rotatable bonds is 3. The van der Waals surface area contributed by atoms with E-state index in [0.717, 1.165) is 48.2 Å². The average molecular weight is 358 g/mol. The lowest BCUT2D eigenvalue weighted by Crippen LogP contribution is -2.43. The van der Waals surface area contributed by atoms with Crippen LogP contribution < -0.4 is 10.2 Å². The van der Waals surface area contributed by atoms with Crippen molar-refractivity contribution in [3.8, 4) is 0 Å². The third-order valence-corrected chi connectivity index (χ3v) is 4.44. The van der Waals surface area contributed by atoms with Gasteiger partial charge in [-0.05, 0) is 35.4 Å². The minimum absolute atomic E-state index is 0. The molecule has 0 spiro atoms. The van der Waals surface area contributed by atoms with E-state index in [2.05, 4.69) is 28.4 Å². The summed E-state index contributed by atoms with van der Waals surface area (Å²) in [4.78, 5) is 2.42. The molecule has 3 rings (SSSR count). The Morgan fingerprint density at radius 1 is 0.955 bits per heavy atom. The molecule has 5 heteroatoms. The zero-order valence-electron chi connectivity index (χ0n) is 12.2. The van der Waals surface area contributed by atoms with Gasteiger partial charge >= 0.3 is 0 Å². The van der Waals surface area contributed by atoms with Crippen LogP contribution in [0.1, 0.15) is 11.1 Å². The van der Waals surface area contributed by atoms with E-state index in [1.807, 2.05) is 24.3 Å². The summed E-state index contributed by atoms with van der Waals surface area (Å²) in [5.74, 6) is 0.